The molecule has 2 fully saturated rings. The molecule has 5 rings (SSSR count). The average molecular weight is 471 g/mol. The van der Waals surface area contributed by atoms with E-state index < -0.39 is 6.04 Å². The van der Waals surface area contributed by atoms with Gasteiger partial charge in [0.1, 0.15) is 11.9 Å². The van der Waals surface area contributed by atoms with Crippen molar-refractivity contribution in [3.8, 4) is 5.75 Å². The lowest BCUT2D eigenvalue weighted by molar-refractivity contribution is -0.394. The number of fused-ring (bicyclic) bond motifs is 1. The zero-order chi connectivity index (χ0) is 23.9. The van der Waals surface area contributed by atoms with Crippen molar-refractivity contribution in [2.24, 2.45) is 0 Å². The van der Waals surface area contributed by atoms with Crippen LogP contribution in [0.25, 0.3) is 0 Å². The first-order chi connectivity index (χ1) is 16.4. The Morgan fingerprint density at radius 3 is 2.62 bits per heavy atom. The van der Waals surface area contributed by atoms with Crippen LogP contribution in [-0.2, 0) is 16.1 Å². The lowest BCUT2D eigenvalue weighted by Crippen LogP contribution is -2.82. The molecule has 0 aromatic heterocycles. The SMILES string of the molecule is COC1(C)CCN([C@@H]2CCCC[C@H]2Oc2ccc3c(c2)CN(C2CCC(=O)[NH+]=C2O)C3=O)CC1. The zero-order valence-corrected chi connectivity index (χ0v) is 20.2. The van der Waals surface area contributed by atoms with Crippen molar-refractivity contribution >= 4 is 17.7 Å². The van der Waals surface area contributed by atoms with Gasteiger partial charge in [0.25, 0.3) is 5.91 Å². The minimum absolute atomic E-state index is 0.0209. The molecule has 1 aromatic carbocycles. The summed E-state index contributed by atoms with van der Waals surface area (Å²) in [5, 5.41) is 10.2. The number of hydrogen-bond acceptors (Lipinski definition) is 5. The molecule has 8 heteroatoms. The summed E-state index contributed by atoms with van der Waals surface area (Å²) >= 11 is 0. The molecule has 34 heavy (non-hydrogen) atoms. The Balaban J connectivity index is 1.28. The third-order valence-corrected chi connectivity index (χ3v) is 8.29. The maximum atomic E-state index is 13.0. The highest BCUT2D eigenvalue weighted by Crippen LogP contribution is 2.34. The molecular formula is C26H36N3O5+. The minimum atomic E-state index is -0.485. The van der Waals surface area contributed by atoms with Crippen molar-refractivity contribution in [2.45, 2.75) is 88.6 Å². The summed E-state index contributed by atoms with van der Waals surface area (Å²) in [4.78, 5) is 31.2. The molecule has 1 aliphatic carbocycles. The monoisotopic (exact) mass is 470 g/mol. The van der Waals surface area contributed by atoms with E-state index >= 15 is 0 Å². The third-order valence-electron chi connectivity index (χ3n) is 8.29. The topological polar surface area (TPSA) is 93.3 Å². The first-order valence-electron chi connectivity index (χ1n) is 12.6. The van der Waals surface area contributed by atoms with Crippen LogP contribution in [0.15, 0.2) is 18.2 Å². The van der Waals surface area contributed by atoms with Crippen molar-refractivity contribution in [1.29, 1.82) is 0 Å². The smallest absolute Gasteiger partial charge is 0.388 e. The molecule has 0 spiro atoms. The van der Waals surface area contributed by atoms with Gasteiger partial charge in [-0.05, 0) is 69.2 Å². The molecule has 2 amide bonds. The minimum Gasteiger partial charge on any atom is -0.489 e. The van der Waals surface area contributed by atoms with Crippen LogP contribution >= 0.6 is 0 Å². The largest absolute Gasteiger partial charge is 0.489 e. The summed E-state index contributed by atoms with van der Waals surface area (Å²) in [6.45, 7) is 4.67. The van der Waals surface area contributed by atoms with Crippen molar-refractivity contribution in [1.82, 2.24) is 9.80 Å². The summed E-state index contributed by atoms with van der Waals surface area (Å²) in [5.41, 5.74) is 1.54. The van der Waals surface area contributed by atoms with Crippen molar-refractivity contribution in [3.05, 3.63) is 29.3 Å². The van der Waals surface area contributed by atoms with Crippen molar-refractivity contribution in [3.63, 3.8) is 0 Å². The zero-order valence-electron chi connectivity index (χ0n) is 20.2. The Bertz CT molecular complexity index is 985. The standard InChI is InChI=1S/C26H35N3O5/c1-26(33-2)11-13-28(14-12-26)20-5-3-4-6-22(20)34-18-7-8-19-17(15-18)16-29(25(19)32)21-9-10-23(30)27-24(21)31/h7-8,15,20-22H,3-6,9-14,16H2,1-2H3,(H,27,30,31)/p+1/t20-,21?,22-/m1/s1. The molecule has 184 valence electrons. The van der Waals surface area contributed by atoms with Crippen molar-refractivity contribution < 1.29 is 29.2 Å². The fraction of sp³-hybridized carbons (Fsp3) is 0.654. The number of benzene rings is 1. The van der Waals surface area contributed by atoms with Gasteiger partial charge in [0.2, 0.25) is 0 Å². The molecule has 1 unspecified atom stereocenters. The molecule has 3 atom stereocenters. The van der Waals surface area contributed by atoms with Gasteiger partial charge in [-0.25, -0.2) is 4.79 Å². The van der Waals surface area contributed by atoms with E-state index in [1.54, 1.807) is 4.90 Å². The number of nitrogens with one attached hydrogen (secondary N) is 1. The Hall–Kier alpha value is -2.45. The van der Waals surface area contributed by atoms with Gasteiger partial charge in [-0.15, -0.1) is 4.99 Å². The molecule has 2 N–H and O–H groups in total. The predicted octanol–water partition coefficient (Wildman–Crippen LogP) is 1.56. The second-order valence-corrected chi connectivity index (χ2v) is 10.4. The molecule has 0 radical (unpaired) electrons. The van der Waals surface area contributed by atoms with E-state index in [0.717, 1.165) is 50.1 Å². The first kappa shape index (κ1) is 23.3. The molecule has 4 aliphatic rings. The van der Waals surface area contributed by atoms with Crippen LogP contribution in [0.2, 0.25) is 0 Å². The summed E-state index contributed by atoms with van der Waals surface area (Å²) < 4.78 is 12.3. The third kappa shape index (κ3) is 4.45. The predicted molar refractivity (Wildman–Crippen MR) is 126 cm³/mol. The van der Waals surface area contributed by atoms with E-state index in [9.17, 15) is 14.7 Å². The van der Waals surface area contributed by atoms with Crippen LogP contribution in [0.4, 0.5) is 0 Å². The van der Waals surface area contributed by atoms with E-state index in [0.29, 0.717) is 31.0 Å². The molecule has 3 aliphatic heterocycles. The fourth-order valence-corrected chi connectivity index (χ4v) is 5.98. The lowest BCUT2D eigenvalue weighted by atomic mass is 9.87. The van der Waals surface area contributed by atoms with E-state index in [1.807, 2.05) is 25.3 Å². The van der Waals surface area contributed by atoms with E-state index in [4.69, 9.17) is 9.47 Å². The molecule has 1 saturated carbocycles. The number of piperidine rings is 1. The Morgan fingerprint density at radius 1 is 1.12 bits per heavy atom. The van der Waals surface area contributed by atoms with Gasteiger partial charge < -0.3 is 19.5 Å². The Labute approximate surface area is 200 Å². The van der Waals surface area contributed by atoms with Crippen LogP contribution in [0.5, 0.6) is 5.75 Å². The number of carbonyl (C=O) groups is 2. The fourth-order valence-electron chi connectivity index (χ4n) is 5.98. The van der Waals surface area contributed by atoms with E-state index in [-0.39, 0.29) is 29.4 Å². The summed E-state index contributed by atoms with van der Waals surface area (Å²) in [5.74, 6) is 0.342. The maximum absolute atomic E-state index is 13.0. The number of methoxy groups -OCH3 is 1. The van der Waals surface area contributed by atoms with Gasteiger partial charge in [-0.3, -0.25) is 9.69 Å². The highest BCUT2D eigenvalue weighted by molar-refractivity contribution is 6.01. The number of aliphatic hydroxyl groups excluding tert-OH is 1. The Kier molecular flexibility index (Phi) is 6.37. The molecule has 3 heterocycles. The number of rotatable bonds is 5. The van der Waals surface area contributed by atoms with Gasteiger partial charge >= 0.3 is 11.8 Å². The normalized spacial score (nSPS) is 29.6. The van der Waals surface area contributed by atoms with E-state index in [2.05, 4.69) is 16.8 Å². The van der Waals surface area contributed by atoms with Crippen LogP contribution in [0.3, 0.4) is 0 Å². The first-order valence-corrected chi connectivity index (χ1v) is 12.6. The van der Waals surface area contributed by atoms with E-state index in [1.165, 1.54) is 12.8 Å². The van der Waals surface area contributed by atoms with Crippen LogP contribution in [0.1, 0.15) is 74.2 Å². The second-order valence-electron chi connectivity index (χ2n) is 10.4. The number of aliphatic hydroxyl groups is 1. The molecule has 0 bridgehead atoms. The molecule has 8 nitrogen and oxygen atoms in total. The quantitative estimate of drug-likeness (QED) is 0.679. The highest BCUT2D eigenvalue weighted by Gasteiger charge is 2.41. The number of likely N-dealkylation sites (tertiary alicyclic amines) is 1. The number of hydrogen-bond donors (Lipinski definition) is 2. The van der Waals surface area contributed by atoms with Crippen LogP contribution in [0, 0.1) is 0 Å². The number of amides is 2. The molecule has 1 saturated heterocycles. The van der Waals surface area contributed by atoms with Gasteiger partial charge in [-0.2, -0.15) is 0 Å². The summed E-state index contributed by atoms with van der Waals surface area (Å²) in [6.07, 6.45) is 7.53. The number of ether oxygens (including phenoxy) is 2. The van der Waals surface area contributed by atoms with Crippen LogP contribution in [-0.4, -0.2) is 76.6 Å². The summed E-state index contributed by atoms with van der Waals surface area (Å²) in [7, 11) is 1.81. The maximum Gasteiger partial charge on any atom is 0.388 e. The van der Waals surface area contributed by atoms with Gasteiger partial charge in [0.15, 0.2) is 6.04 Å². The lowest BCUT2D eigenvalue weighted by Gasteiger charge is -2.45. The highest BCUT2D eigenvalue weighted by atomic mass is 16.5. The average Bonchev–Trinajstić information content (AvgIpc) is 3.15. The second kappa shape index (κ2) is 9.30. The molecular weight excluding hydrogens is 434 g/mol. The number of carbonyl (C=O) groups excluding carboxylic acids is 2. The summed E-state index contributed by atoms with van der Waals surface area (Å²) in [6, 6.07) is 5.64. The van der Waals surface area contributed by atoms with Gasteiger partial charge in [-0.1, -0.05) is 6.42 Å². The van der Waals surface area contributed by atoms with Gasteiger partial charge in [0, 0.05) is 38.3 Å². The van der Waals surface area contributed by atoms with Gasteiger partial charge in [0.05, 0.1) is 12.0 Å². The van der Waals surface area contributed by atoms with Crippen LogP contribution < -0.4 is 9.73 Å². The Morgan fingerprint density at radius 2 is 1.88 bits per heavy atom. The van der Waals surface area contributed by atoms with Crippen molar-refractivity contribution in [2.75, 3.05) is 20.2 Å². The molecule has 1 aromatic rings. The number of nitrogens with zero attached hydrogens (tertiary/aromatic N) is 2.